The fourth-order valence-corrected chi connectivity index (χ4v) is 2.30. The second-order valence-electron chi connectivity index (χ2n) is 4.88. The largest absolute Gasteiger partial charge is 0.480 e. The van der Waals surface area contributed by atoms with Crippen LogP contribution >= 0.6 is 0 Å². The third-order valence-electron chi connectivity index (χ3n) is 3.29. The van der Waals surface area contributed by atoms with Crippen molar-refractivity contribution in [3.05, 3.63) is 0 Å². The highest BCUT2D eigenvalue weighted by Gasteiger charge is 2.26. The van der Waals surface area contributed by atoms with Crippen molar-refractivity contribution in [3.63, 3.8) is 0 Å². The van der Waals surface area contributed by atoms with Crippen molar-refractivity contribution in [3.8, 4) is 0 Å². The number of rotatable bonds is 7. The fourth-order valence-electron chi connectivity index (χ4n) is 2.30. The molecule has 1 fully saturated rings. The first-order valence-corrected chi connectivity index (χ1v) is 7.06. The fraction of sp³-hybridized carbons (Fsp3) is 0.846. The van der Waals surface area contributed by atoms with E-state index in [1.165, 1.54) is 0 Å². The van der Waals surface area contributed by atoms with E-state index in [9.17, 15) is 9.59 Å². The molecule has 0 aromatic rings. The van der Waals surface area contributed by atoms with Crippen LogP contribution in [0.1, 0.15) is 26.2 Å². The molecule has 0 aromatic carbocycles. The van der Waals surface area contributed by atoms with Crippen molar-refractivity contribution in [2.24, 2.45) is 0 Å². The number of carbonyl (C=O) groups excluding carboxylic acids is 1. The summed E-state index contributed by atoms with van der Waals surface area (Å²) in [5.41, 5.74) is 0. The first-order chi connectivity index (χ1) is 9.58. The lowest BCUT2D eigenvalue weighted by molar-refractivity contribution is -0.145. The van der Waals surface area contributed by atoms with Crippen LogP contribution in [0.5, 0.6) is 0 Å². The van der Waals surface area contributed by atoms with Gasteiger partial charge >= 0.3 is 12.0 Å². The van der Waals surface area contributed by atoms with Gasteiger partial charge in [0.1, 0.15) is 6.61 Å². The summed E-state index contributed by atoms with van der Waals surface area (Å²) in [5, 5.41) is 17.5. The predicted octanol–water partition coefficient (Wildman–Crippen LogP) is 0.376. The lowest BCUT2D eigenvalue weighted by Crippen LogP contribution is -2.49. The van der Waals surface area contributed by atoms with Gasteiger partial charge in [0.15, 0.2) is 0 Å². The molecule has 1 saturated heterocycles. The summed E-state index contributed by atoms with van der Waals surface area (Å²) in [6.07, 6.45) is 2.06. The molecule has 0 spiro atoms. The molecular formula is C13H24N2O5. The van der Waals surface area contributed by atoms with Crippen LogP contribution in [-0.2, 0) is 9.53 Å². The quantitative estimate of drug-likeness (QED) is 0.706. The van der Waals surface area contributed by atoms with Crippen LogP contribution in [0.15, 0.2) is 0 Å². The SMILES string of the molecule is CCCN(CCO)C(=O)N1CCC(OCC(=O)O)CC1. The average Bonchev–Trinajstić information content (AvgIpc) is 2.44. The lowest BCUT2D eigenvalue weighted by atomic mass is 10.1. The molecule has 1 aliphatic heterocycles. The number of amides is 2. The predicted molar refractivity (Wildman–Crippen MR) is 72.5 cm³/mol. The van der Waals surface area contributed by atoms with Gasteiger partial charge in [-0.05, 0) is 19.3 Å². The number of likely N-dealkylation sites (tertiary alicyclic amines) is 1. The van der Waals surface area contributed by atoms with Gasteiger partial charge in [-0.2, -0.15) is 0 Å². The zero-order chi connectivity index (χ0) is 15.0. The van der Waals surface area contributed by atoms with Crippen LogP contribution < -0.4 is 0 Å². The molecule has 20 heavy (non-hydrogen) atoms. The van der Waals surface area contributed by atoms with Crippen molar-refractivity contribution in [2.45, 2.75) is 32.3 Å². The second kappa shape index (κ2) is 8.76. The Morgan fingerprint density at radius 3 is 2.45 bits per heavy atom. The number of aliphatic carboxylic acids is 1. The molecule has 7 nitrogen and oxygen atoms in total. The van der Waals surface area contributed by atoms with Gasteiger partial charge in [0.2, 0.25) is 0 Å². The smallest absolute Gasteiger partial charge is 0.329 e. The summed E-state index contributed by atoms with van der Waals surface area (Å²) in [6.45, 7) is 3.78. The van der Waals surface area contributed by atoms with Gasteiger partial charge in [-0.25, -0.2) is 9.59 Å². The molecule has 2 amide bonds. The molecule has 0 radical (unpaired) electrons. The van der Waals surface area contributed by atoms with Crippen molar-refractivity contribution >= 4 is 12.0 Å². The van der Waals surface area contributed by atoms with Gasteiger partial charge < -0.3 is 24.7 Å². The molecule has 0 aromatic heterocycles. The molecule has 7 heteroatoms. The average molecular weight is 288 g/mol. The molecule has 0 atom stereocenters. The van der Waals surface area contributed by atoms with E-state index in [1.54, 1.807) is 9.80 Å². The van der Waals surface area contributed by atoms with E-state index in [2.05, 4.69) is 0 Å². The summed E-state index contributed by atoms with van der Waals surface area (Å²) in [4.78, 5) is 26.1. The van der Waals surface area contributed by atoms with Crippen LogP contribution in [0.2, 0.25) is 0 Å². The van der Waals surface area contributed by atoms with Crippen LogP contribution in [-0.4, -0.2) is 77.5 Å². The second-order valence-corrected chi connectivity index (χ2v) is 4.88. The van der Waals surface area contributed by atoms with E-state index in [-0.39, 0.29) is 25.3 Å². The van der Waals surface area contributed by atoms with Gasteiger partial charge in [-0.15, -0.1) is 0 Å². The van der Waals surface area contributed by atoms with E-state index in [4.69, 9.17) is 14.9 Å². The Morgan fingerprint density at radius 1 is 1.30 bits per heavy atom. The highest BCUT2D eigenvalue weighted by Crippen LogP contribution is 2.15. The Hall–Kier alpha value is -1.34. The third kappa shape index (κ3) is 5.34. The van der Waals surface area contributed by atoms with Crippen LogP contribution in [0.3, 0.4) is 0 Å². The van der Waals surface area contributed by atoms with Crippen molar-refractivity contribution in [1.29, 1.82) is 0 Å². The van der Waals surface area contributed by atoms with Crippen LogP contribution in [0.25, 0.3) is 0 Å². The Labute approximate surface area is 119 Å². The number of hydrogen-bond acceptors (Lipinski definition) is 4. The highest BCUT2D eigenvalue weighted by molar-refractivity contribution is 5.74. The maximum absolute atomic E-state index is 12.3. The molecule has 0 saturated carbocycles. The minimum Gasteiger partial charge on any atom is -0.480 e. The van der Waals surface area contributed by atoms with Crippen molar-refractivity contribution < 1.29 is 24.5 Å². The van der Waals surface area contributed by atoms with Gasteiger partial charge in [0.25, 0.3) is 0 Å². The Kier molecular flexibility index (Phi) is 7.32. The lowest BCUT2D eigenvalue weighted by Gasteiger charge is -2.35. The topological polar surface area (TPSA) is 90.3 Å². The van der Waals surface area contributed by atoms with E-state index in [1.807, 2.05) is 6.92 Å². The molecule has 116 valence electrons. The van der Waals surface area contributed by atoms with Gasteiger partial charge in [-0.1, -0.05) is 6.92 Å². The summed E-state index contributed by atoms with van der Waals surface area (Å²) >= 11 is 0. The summed E-state index contributed by atoms with van der Waals surface area (Å²) < 4.78 is 5.24. The number of aliphatic hydroxyl groups excluding tert-OH is 1. The number of urea groups is 1. The number of nitrogens with zero attached hydrogens (tertiary/aromatic N) is 2. The number of carbonyl (C=O) groups is 2. The number of carboxylic acid groups (broad SMARTS) is 1. The van der Waals surface area contributed by atoms with Crippen molar-refractivity contribution in [2.75, 3.05) is 39.4 Å². The molecule has 0 aliphatic carbocycles. The molecular weight excluding hydrogens is 264 g/mol. The summed E-state index contributed by atoms with van der Waals surface area (Å²) in [5.74, 6) is -0.972. The number of aliphatic hydroxyl groups is 1. The summed E-state index contributed by atoms with van der Waals surface area (Å²) in [7, 11) is 0. The van der Waals surface area contributed by atoms with E-state index < -0.39 is 5.97 Å². The zero-order valence-electron chi connectivity index (χ0n) is 12.0. The van der Waals surface area contributed by atoms with Crippen LogP contribution in [0, 0.1) is 0 Å². The van der Waals surface area contributed by atoms with Gasteiger partial charge in [0, 0.05) is 26.2 Å². The molecule has 0 unspecified atom stereocenters. The standard InChI is InChI=1S/C13H24N2O5/c1-2-5-14(8-9-16)13(19)15-6-3-11(4-7-15)20-10-12(17)18/h11,16H,2-10H2,1H3,(H,17,18). The first-order valence-electron chi connectivity index (χ1n) is 7.06. The highest BCUT2D eigenvalue weighted by atomic mass is 16.5. The minimum absolute atomic E-state index is 0.0378. The van der Waals surface area contributed by atoms with Gasteiger partial charge in [0.05, 0.1) is 12.7 Å². The Balaban J connectivity index is 2.39. The number of ether oxygens (including phenoxy) is 1. The van der Waals surface area contributed by atoms with Gasteiger partial charge in [-0.3, -0.25) is 0 Å². The number of carboxylic acids is 1. The van der Waals surface area contributed by atoms with Crippen LogP contribution in [0.4, 0.5) is 4.79 Å². The number of piperidine rings is 1. The van der Waals surface area contributed by atoms with E-state index in [0.717, 1.165) is 6.42 Å². The third-order valence-corrected chi connectivity index (χ3v) is 3.29. The minimum atomic E-state index is -0.972. The zero-order valence-corrected chi connectivity index (χ0v) is 12.0. The Bertz CT molecular complexity index is 310. The molecule has 2 N–H and O–H groups in total. The molecule has 1 aliphatic rings. The molecule has 1 heterocycles. The molecule has 1 rings (SSSR count). The number of hydrogen-bond donors (Lipinski definition) is 2. The normalized spacial score (nSPS) is 16.2. The molecule has 0 bridgehead atoms. The maximum atomic E-state index is 12.3. The monoisotopic (exact) mass is 288 g/mol. The summed E-state index contributed by atoms with van der Waals surface area (Å²) in [6, 6.07) is -0.0578. The van der Waals surface area contributed by atoms with E-state index >= 15 is 0 Å². The Morgan fingerprint density at radius 2 is 1.95 bits per heavy atom. The maximum Gasteiger partial charge on any atom is 0.329 e. The first kappa shape index (κ1) is 16.7. The van der Waals surface area contributed by atoms with E-state index in [0.29, 0.717) is 39.0 Å². The van der Waals surface area contributed by atoms with Crippen molar-refractivity contribution in [1.82, 2.24) is 9.80 Å².